The van der Waals surface area contributed by atoms with E-state index in [9.17, 15) is 4.79 Å². The van der Waals surface area contributed by atoms with Gasteiger partial charge in [0.15, 0.2) is 5.75 Å². The van der Waals surface area contributed by atoms with E-state index in [0.29, 0.717) is 35.5 Å². The highest BCUT2D eigenvalue weighted by Gasteiger charge is 2.27. The summed E-state index contributed by atoms with van der Waals surface area (Å²) in [5.74, 6) is 0.559. The van der Waals surface area contributed by atoms with Gasteiger partial charge in [-0.05, 0) is 44.5 Å². The molecule has 0 spiro atoms. The fourth-order valence-electron chi connectivity index (χ4n) is 4.59. The highest BCUT2D eigenvalue weighted by Crippen LogP contribution is 2.37. The van der Waals surface area contributed by atoms with Crippen molar-refractivity contribution in [2.75, 3.05) is 44.7 Å². The Kier molecular flexibility index (Phi) is 9.13. The number of carbonyl (C=O) groups excluding carboxylic acids is 1. The van der Waals surface area contributed by atoms with Crippen molar-refractivity contribution in [2.24, 2.45) is 0 Å². The first-order chi connectivity index (χ1) is 14.6. The van der Waals surface area contributed by atoms with Crippen LogP contribution in [-0.4, -0.2) is 56.7 Å². The lowest BCUT2D eigenvalue weighted by molar-refractivity contribution is 0.0936. The van der Waals surface area contributed by atoms with Gasteiger partial charge >= 0.3 is 0 Å². The Labute approximate surface area is 187 Å². The summed E-state index contributed by atoms with van der Waals surface area (Å²) in [4.78, 5) is 17.6. The average molecular weight is 436 g/mol. The van der Waals surface area contributed by atoms with Gasteiger partial charge in [0.25, 0.3) is 5.91 Å². The second-order valence-corrected chi connectivity index (χ2v) is 9.17. The molecule has 2 heterocycles. The minimum atomic E-state index is -0.0909. The zero-order chi connectivity index (χ0) is 21.3. The number of ether oxygens (including phenoxy) is 1. The summed E-state index contributed by atoms with van der Waals surface area (Å²) in [5.41, 5.74) is 1.43. The highest BCUT2D eigenvalue weighted by molar-refractivity contribution is 6.31. The second kappa shape index (κ2) is 11.8. The van der Waals surface area contributed by atoms with E-state index in [1.54, 1.807) is 6.07 Å². The number of likely N-dealkylation sites (N-methyl/N-ethyl adjacent to an activating group) is 1. The maximum Gasteiger partial charge on any atom is 0.255 e. The van der Waals surface area contributed by atoms with Crippen LogP contribution in [0.4, 0.5) is 5.69 Å². The van der Waals surface area contributed by atoms with Gasteiger partial charge in [-0.15, -0.1) is 0 Å². The van der Waals surface area contributed by atoms with E-state index in [1.807, 2.05) is 13.1 Å². The van der Waals surface area contributed by atoms with Crippen molar-refractivity contribution >= 4 is 23.2 Å². The lowest BCUT2D eigenvalue weighted by atomic mass is 10.1. The quantitative estimate of drug-likeness (QED) is 0.490. The van der Waals surface area contributed by atoms with Crippen LogP contribution in [0, 0.1) is 0 Å². The Bertz CT molecular complexity index is 697. The zero-order valence-electron chi connectivity index (χ0n) is 18.7. The van der Waals surface area contributed by atoms with E-state index in [1.165, 1.54) is 51.4 Å². The number of hydrogen-bond acceptors (Lipinski definition) is 4. The molecule has 1 atom stereocenters. The molecule has 1 amide bonds. The number of fused-ring (bicyclic) bond motifs is 1. The summed E-state index contributed by atoms with van der Waals surface area (Å²) >= 11 is 6.28. The van der Waals surface area contributed by atoms with Gasteiger partial charge in [0.05, 0.1) is 17.8 Å². The number of carbonyl (C=O) groups is 1. The van der Waals surface area contributed by atoms with Gasteiger partial charge in [-0.3, -0.25) is 9.69 Å². The summed E-state index contributed by atoms with van der Waals surface area (Å²) in [7, 11) is 2.00. The molecule has 1 fully saturated rings. The predicted molar refractivity (Wildman–Crippen MR) is 125 cm³/mol. The zero-order valence-corrected chi connectivity index (χ0v) is 19.5. The standard InChI is InChI=1S/C24H38ClN3O2/c1-3-4-5-6-7-8-9-12-28-13-10-11-20(28)18-26-24(29)21-16-19(25)17-22-23(21)30-15-14-27(22)2/h16-17,20H,3-15,18H2,1-2H3,(H,26,29)/t20-/m0/s1. The normalized spacial score (nSPS) is 18.9. The molecule has 0 bridgehead atoms. The van der Waals surface area contributed by atoms with Gasteiger partial charge in [-0.1, -0.05) is 57.0 Å². The molecule has 0 unspecified atom stereocenters. The number of rotatable bonds is 11. The van der Waals surface area contributed by atoms with Crippen molar-refractivity contribution in [1.29, 1.82) is 0 Å². The molecular weight excluding hydrogens is 398 g/mol. The van der Waals surface area contributed by atoms with Crippen LogP contribution in [0.15, 0.2) is 12.1 Å². The Morgan fingerprint density at radius 1 is 1.17 bits per heavy atom. The summed E-state index contributed by atoms with van der Waals surface area (Å²) in [6.07, 6.45) is 11.7. The highest BCUT2D eigenvalue weighted by atomic mass is 35.5. The predicted octanol–water partition coefficient (Wildman–Crippen LogP) is 5.11. The van der Waals surface area contributed by atoms with Gasteiger partial charge < -0.3 is 15.0 Å². The lowest BCUT2D eigenvalue weighted by Gasteiger charge is -2.29. The SMILES string of the molecule is CCCCCCCCCN1CCC[C@H]1CNC(=O)c1cc(Cl)cc2c1OCCN2C. The lowest BCUT2D eigenvalue weighted by Crippen LogP contribution is -2.41. The van der Waals surface area contributed by atoms with Crippen molar-refractivity contribution in [3.05, 3.63) is 22.7 Å². The topological polar surface area (TPSA) is 44.8 Å². The van der Waals surface area contributed by atoms with E-state index >= 15 is 0 Å². The smallest absolute Gasteiger partial charge is 0.255 e. The Hall–Kier alpha value is -1.46. The van der Waals surface area contributed by atoms with Crippen LogP contribution in [0.2, 0.25) is 5.02 Å². The molecule has 1 aromatic rings. The number of amides is 1. The third-order valence-corrected chi connectivity index (χ3v) is 6.63. The first-order valence-electron chi connectivity index (χ1n) is 11.8. The number of anilines is 1. The van der Waals surface area contributed by atoms with Crippen LogP contribution < -0.4 is 15.0 Å². The number of nitrogens with one attached hydrogen (secondary N) is 1. The number of unbranched alkanes of at least 4 members (excludes halogenated alkanes) is 6. The van der Waals surface area contributed by atoms with Crippen molar-refractivity contribution in [2.45, 2.75) is 70.8 Å². The number of nitrogens with zero attached hydrogens (tertiary/aromatic N) is 2. The second-order valence-electron chi connectivity index (χ2n) is 8.73. The van der Waals surface area contributed by atoms with E-state index in [0.717, 1.165) is 31.7 Å². The fourth-order valence-corrected chi connectivity index (χ4v) is 4.80. The van der Waals surface area contributed by atoms with E-state index < -0.39 is 0 Å². The van der Waals surface area contributed by atoms with Crippen LogP contribution in [0.1, 0.15) is 75.1 Å². The Morgan fingerprint density at radius 3 is 2.73 bits per heavy atom. The van der Waals surface area contributed by atoms with Crippen LogP contribution in [0.3, 0.4) is 0 Å². The van der Waals surface area contributed by atoms with E-state index in [-0.39, 0.29) is 5.91 Å². The third kappa shape index (κ3) is 6.27. The molecule has 1 N–H and O–H groups in total. The average Bonchev–Trinajstić information content (AvgIpc) is 3.19. The van der Waals surface area contributed by atoms with Crippen LogP contribution in [0.25, 0.3) is 0 Å². The van der Waals surface area contributed by atoms with Gasteiger partial charge in [-0.2, -0.15) is 0 Å². The number of hydrogen-bond donors (Lipinski definition) is 1. The van der Waals surface area contributed by atoms with Gasteiger partial charge in [0, 0.05) is 24.7 Å². The van der Waals surface area contributed by atoms with Crippen LogP contribution in [0.5, 0.6) is 5.75 Å². The molecule has 30 heavy (non-hydrogen) atoms. The molecule has 168 valence electrons. The monoisotopic (exact) mass is 435 g/mol. The Morgan fingerprint density at radius 2 is 1.93 bits per heavy atom. The minimum absolute atomic E-state index is 0.0909. The largest absolute Gasteiger partial charge is 0.489 e. The fraction of sp³-hybridized carbons (Fsp3) is 0.708. The molecule has 0 radical (unpaired) electrons. The minimum Gasteiger partial charge on any atom is -0.489 e. The molecule has 5 nitrogen and oxygen atoms in total. The van der Waals surface area contributed by atoms with Crippen molar-refractivity contribution in [3.8, 4) is 5.75 Å². The summed E-state index contributed by atoms with van der Waals surface area (Å²) in [6, 6.07) is 4.03. The first kappa shape index (κ1) is 23.2. The van der Waals surface area contributed by atoms with E-state index in [2.05, 4.69) is 22.0 Å². The van der Waals surface area contributed by atoms with Gasteiger partial charge in [-0.25, -0.2) is 0 Å². The summed E-state index contributed by atoms with van der Waals surface area (Å²) in [6.45, 7) is 6.63. The van der Waals surface area contributed by atoms with Crippen LogP contribution in [-0.2, 0) is 0 Å². The molecule has 2 aliphatic heterocycles. The summed E-state index contributed by atoms with van der Waals surface area (Å²) < 4.78 is 5.82. The maximum absolute atomic E-state index is 12.9. The molecule has 3 rings (SSSR count). The number of benzene rings is 1. The van der Waals surface area contributed by atoms with Crippen LogP contribution >= 0.6 is 11.6 Å². The molecular formula is C24H38ClN3O2. The molecule has 1 aromatic carbocycles. The maximum atomic E-state index is 12.9. The molecule has 2 aliphatic rings. The third-order valence-electron chi connectivity index (χ3n) is 6.41. The Balaban J connectivity index is 1.47. The van der Waals surface area contributed by atoms with Gasteiger partial charge in [0.1, 0.15) is 6.61 Å². The van der Waals surface area contributed by atoms with Crippen molar-refractivity contribution < 1.29 is 9.53 Å². The van der Waals surface area contributed by atoms with E-state index in [4.69, 9.17) is 16.3 Å². The first-order valence-corrected chi connectivity index (χ1v) is 12.2. The molecule has 6 heteroatoms. The van der Waals surface area contributed by atoms with Crippen molar-refractivity contribution in [1.82, 2.24) is 10.2 Å². The van der Waals surface area contributed by atoms with Gasteiger partial charge in [0.2, 0.25) is 0 Å². The van der Waals surface area contributed by atoms with Crippen molar-refractivity contribution in [3.63, 3.8) is 0 Å². The molecule has 1 saturated heterocycles. The number of halogens is 1. The number of likely N-dealkylation sites (tertiary alicyclic amines) is 1. The molecule has 0 saturated carbocycles. The summed E-state index contributed by atoms with van der Waals surface area (Å²) in [5, 5.41) is 3.72. The molecule has 0 aromatic heterocycles. The molecule has 0 aliphatic carbocycles.